The topological polar surface area (TPSA) is 108 Å². The van der Waals surface area contributed by atoms with Crippen LogP contribution in [0.5, 0.6) is 11.5 Å². The second-order valence-electron chi connectivity index (χ2n) is 6.44. The lowest BCUT2D eigenvalue weighted by atomic mass is 10.1. The van der Waals surface area contributed by atoms with E-state index in [1.165, 1.54) is 25.0 Å². The molecule has 0 N–H and O–H groups in total. The average Bonchev–Trinajstić information content (AvgIpc) is 2.73. The van der Waals surface area contributed by atoms with Crippen molar-refractivity contribution in [3.8, 4) is 11.5 Å². The van der Waals surface area contributed by atoms with Crippen molar-refractivity contribution in [1.82, 2.24) is 4.90 Å². The van der Waals surface area contributed by atoms with Crippen LogP contribution in [0.1, 0.15) is 29.8 Å². The zero-order valence-electron chi connectivity index (χ0n) is 17.3. The zero-order valence-corrected chi connectivity index (χ0v) is 17.3. The first kappa shape index (κ1) is 22.7. The Balaban J connectivity index is 2.20. The van der Waals surface area contributed by atoms with Crippen molar-refractivity contribution in [2.75, 3.05) is 20.8 Å². The Bertz CT molecular complexity index is 915. The van der Waals surface area contributed by atoms with Crippen LogP contribution in [-0.2, 0) is 16.1 Å². The van der Waals surface area contributed by atoms with Gasteiger partial charge in [0.05, 0.1) is 24.7 Å². The fraction of sp³-hybridized carbons (Fsp3) is 0.333. The van der Waals surface area contributed by atoms with Crippen molar-refractivity contribution >= 4 is 17.6 Å². The van der Waals surface area contributed by atoms with Crippen molar-refractivity contribution in [3.63, 3.8) is 0 Å². The van der Waals surface area contributed by atoms with E-state index >= 15 is 0 Å². The van der Waals surface area contributed by atoms with E-state index in [9.17, 15) is 19.7 Å². The van der Waals surface area contributed by atoms with Gasteiger partial charge in [0, 0.05) is 19.7 Å². The highest BCUT2D eigenvalue weighted by molar-refractivity contribution is 5.96. The maximum atomic E-state index is 12.6. The summed E-state index contributed by atoms with van der Waals surface area (Å²) in [6.45, 7) is 3.74. The number of methoxy groups -OCH3 is 1. The summed E-state index contributed by atoms with van der Waals surface area (Å²) >= 11 is 0. The van der Waals surface area contributed by atoms with Crippen molar-refractivity contribution in [2.45, 2.75) is 26.5 Å². The van der Waals surface area contributed by atoms with E-state index in [4.69, 9.17) is 14.2 Å². The van der Waals surface area contributed by atoms with Gasteiger partial charge in [-0.05, 0) is 19.4 Å². The van der Waals surface area contributed by atoms with Crippen LogP contribution in [0.3, 0.4) is 0 Å². The number of carbonyl (C=O) groups excluding carboxylic acids is 2. The second-order valence-corrected chi connectivity index (χ2v) is 6.44. The minimum atomic E-state index is -1.14. The Labute approximate surface area is 174 Å². The van der Waals surface area contributed by atoms with Crippen LogP contribution >= 0.6 is 0 Å². The molecule has 1 amide bonds. The van der Waals surface area contributed by atoms with Crippen LogP contribution < -0.4 is 9.47 Å². The molecule has 0 aliphatic rings. The number of nitro benzene ring substituents is 1. The molecule has 30 heavy (non-hydrogen) atoms. The molecule has 0 bridgehead atoms. The van der Waals surface area contributed by atoms with E-state index in [1.54, 1.807) is 14.0 Å². The highest BCUT2D eigenvalue weighted by Crippen LogP contribution is 2.35. The largest absolute Gasteiger partial charge is 0.493 e. The summed E-state index contributed by atoms with van der Waals surface area (Å²) in [6.07, 6.45) is -1.14. The van der Waals surface area contributed by atoms with E-state index in [2.05, 4.69) is 0 Å². The van der Waals surface area contributed by atoms with Crippen LogP contribution in [0.15, 0.2) is 42.5 Å². The number of nitro groups is 1. The lowest BCUT2D eigenvalue weighted by Gasteiger charge is -2.21. The molecule has 0 saturated heterocycles. The summed E-state index contributed by atoms with van der Waals surface area (Å²) < 4.78 is 15.7. The zero-order chi connectivity index (χ0) is 22.3. The Morgan fingerprint density at radius 3 is 2.40 bits per heavy atom. The summed E-state index contributed by atoms with van der Waals surface area (Å²) in [6, 6.07) is 11.6. The van der Waals surface area contributed by atoms with Crippen molar-refractivity contribution in [1.29, 1.82) is 0 Å². The number of amides is 1. The predicted octanol–water partition coefficient (Wildman–Crippen LogP) is 3.21. The van der Waals surface area contributed by atoms with Gasteiger partial charge in [0.1, 0.15) is 5.56 Å². The van der Waals surface area contributed by atoms with E-state index in [-0.39, 0.29) is 23.7 Å². The minimum Gasteiger partial charge on any atom is -0.493 e. The van der Waals surface area contributed by atoms with E-state index in [0.717, 1.165) is 11.6 Å². The molecule has 0 radical (unpaired) electrons. The molecule has 2 aromatic rings. The number of ether oxygens (including phenoxy) is 3. The van der Waals surface area contributed by atoms with Gasteiger partial charge in [0.15, 0.2) is 17.6 Å². The number of esters is 1. The van der Waals surface area contributed by atoms with Crippen LogP contribution in [0.25, 0.3) is 0 Å². The highest BCUT2D eigenvalue weighted by Gasteiger charge is 2.29. The molecule has 1 atom stereocenters. The molecule has 0 aliphatic carbocycles. The molecule has 0 aliphatic heterocycles. The van der Waals surface area contributed by atoms with Crippen LogP contribution in [-0.4, -0.2) is 48.6 Å². The maximum Gasteiger partial charge on any atom is 0.346 e. The van der Waals surface area contributed by atoms with Gasteiger partial charge >= 0.3 is 5.97 Å². The van der Waals surface area contributed by atoms with Crippen molar-refractivity contribution in [3.05, 3.63) is 63.7 Å². The van der Waals surface area contributed by atoms with Gasteiger partial charge in [-0.15, -0.1) is 0 Å². The first-order valence-electron chi connectivity index (χ1n) is 9.27. The third-order valence-corrected chi connectivity index (χ3v) is 4.27. The molecular weight excluding hydrogens is 392 g/mol. The Hall–Kier alpha value is -3.62. The number of hydrogen-bond donors (Lipinski definition) is 0. The van der Waals surface area contributed by atoms with Gasteiger partial charge in [-0.1, -0.05) is 30.3 Å². The summed E-state index contributed by atoms with van der Waals surface area (Å²) in [4.78, 5) is 37.3. The SMILES string of the molecule is CCOc1cc(C(=O)O[C@@H](C)C(=O)N(C)Cc2ccccc2)c([N+](=O)[O-])cc1OC. The Morgan fingerprint density at radius 2 is 1.83 bits per heavy atom. The number of benzene rings is 2. The molecule has 0 saturated carbocycles. The molecule has 0 fully saturated rings. The number of rotatable bonds is 9. The van der Waals surface area contributed by atoms with E-state index in [0.29, 0.717) is 6.54 Å². The van der Waals surface area contributed by atoms with Crippen LogP contribution in [0, 0.1) is 10.1 Å². The van der Waals surface area contributed by atoms with Gasteiger partial charge in [-0.25, -0.2) is 4.79 Å². The maximum absolute atomic E-state index is 12.6. The predicted molar refractivity (Wildman–Crippen MR) is 109 cm³/mol. The third kappa shape index (κ3) is 5.47. The first-order valence-corrected chi connectivity index (χ1v) is 9.27. The summed E-state index contributed by atoms with van der Waals surface area (Å²) in [5, 5.41) is 11.4. The Kier molecular flexibility index (Phi) is 7.74. The third-order valence-electron chi connectivity index (χ3n) is 4.27. The molecule has 160 valence electrons. The molecule has 0 heterocycles. The van der Waals surface area contributed by atoms with Gasteiger partial charge < -0.3 is 19.1 Å². The number of likely N-dealkylation sites (N-methyl/N-ethyl adjacent to an activating group) is 1. The van der Waals surface area contributed by atoms with Crippen LogP contribution in [0.4, 0.5) is 5.69 Å². The van der Waals surface area contributed by atoms with Crippen LogP contribution in [0.2, 0.25) is 0 Å². The molecular formula is C21H24N2O7. The monoisotopic (exact) mass is 416 g/mol. The average molecular weight is 416 g/mol. The van der Waals surface area contributed by atoms with Crippen molar-refractivity contribution in [2.24, 2.45) is 0 Å². The van der Waals surface area contributed by atoms with E-state index < -0.39 is 28.6 Å². The highest BCUT2D eigenvalue weighted by atomic mass is 16.6. The molecule has 0 spiro atoms. The first-order chi connectivity index (χ1) is 14.3. The number of nitrogens with zero attached hydrogens (tertiary/aromatic N) is 2. The minimum absolute atomic E-state index is 0.117. The van der Waals surface area contributed by atoms with E-state index in [1.807, 2.05) is 30.3 Å². The lowest BCUT2D eigenvalue weighted by Crippen LogP contribution is -2.37. The van der Waals surface area contributed by atoms with Crippen molar-refractivity contribution < 1.29 is 28.7 Å². The molecule has 0 aromatic heterocycles. The smallest absolute Gasteiger partial charge is 0.346 e. The molecule has 9 nitrogen and oxygen atoms in total. The fourth-order valence-corrected chi connectivity index (χ4v) is 2.81. The van der Waals surface area contributed by atoms with Gasteiger partial charge in [-0.2, -0.15) is 0 Å². The second kappa shape index (κ2) is 10.2. The summed E-state index contributed by atoms with van der Waals surface area (Å²) in [7, 11) is 2.92. The standard InChI is InChI=1S/C21H24N2O7/c1-5-29-19-11-16(17(23(26)27)12-18(19)28-4)21(25)30-14(2)20(24)22(3)13-15-9-7-6-8-10-15/h6-12,14H,5,13H2,1-4H3/t14-/m0/s1. The molecule has 0 unspecified atom stereocenters. The Morgan fingerprint density at radius 1 is 1.17 bits per heavy atom. The summed E-state index contributed by atoms with van der Waals surface area (Å²) in [5.74, 6) is -1.16. The van der Waals surface area contributed by atoms with Gasteiger partial charge in [0.25, 0.3) is 11.6 Å². The van der Waals surface area contributed by atoms with Gasteiger partial charge in [0.2, 0.25) is 0 Å². The number of hydrogen-bond acceptors (Lipinski definition) is 7. The molecule has 2 rings (SSSR count). The molecule has 2 aromatic carbocycles. The fourth-order valence-electron chi connectivity index (χ4n) is 2.81. The number of carbonyl (C=O) groups is 2. The molecule has 9 heteroatoms. The quantitative estimate of drug-likeness (QED) is 0.351. The summed E-state index contributed by atoms with van der Waals surface area (Å²) in [5.41, 5.74) is 0.0891. The normalized spacial score (nSPS) is 11.3. The van der Waals surface area contributed by atoms with Gasteiger partial charge in [-0.3, -0.25) is 14.9 Å². The lowest BCUT2D eigenvalue weighted by molar-refractivity contribution is -0.385.